The highest BCUT2D eigenvalue weighted by atomic mass is 35.5. The van der Waals surface area contributed by atoms with Crippen molar-refractivity contribution < 1.29 is 9.21 Å². The summed E-state index contributed by atoms with van der Waals surface area (Å²) in [6, 6.07) is 9.86. The highest BCUT2D eigenvalue weighted by Crippen LogP contribution is 2.35. The molecule has 0 aliphatic rings. The van der Waals surface area contributed by atoms with Crippen LogP contribution in [-0.2, 0) is 0 Å². The van der Waals surface area contributed by atoms with Crippen molar-refractivity contribution in [3.63, 3.8) is 0 Å². The van der Waals surface area contributed by atoms with E-state index in [9.17, 15) is 4.79 Å². The van der Waals surface area contributed by atoms with Crippen molar-refractivity contribution in [2.75, 3.05) is 20.6 Å². The van der Waals surface area contributed by atoms with Gasteiger partial charge in [-0.1, -0.05) is 23.7 Å². The lowest BCUT2D eigenvalue weighted by Gasteiger charge is -2.22. The summed E-state index contributed by atoms with van der Waals surface area (Å²) in [4.78, 5) is 15.2. The van der Waals surface area contributed by atoms with E-state index < -0.39 is 0 Å². The van der Waals surface area contributed by atoms with Crippen LogP contribution in [0.4, 0.5) is 0 Å². The largest absolute Gasteiger partial charge is 0.465 e. The predicted octanol–water partition coefficient (Wildman–Crippen LogP) is 5.22. The van der Waals surface area contributed by atoms with Gasteiger partial charge in [0, 0.05) is 16.6 Å². The molecule has 26 heavy (non-hydrogen) atoms. The number of hydrogen-bond acceptors (Lipinski definition) is 4. The highest BCUT2D eigenvalue weighted by Gasteiger charge is 2.21. The summed E-state index contributed by atoms with van der Waals surface area (Å²) in [5.41, 5.74) is 1.15. The molecule has 2 heterocycles. The van der Waals surface area contributed by atoms with Crippen molar-refractivity contribution in [2.45, 2.75) is 19.9 Å². The van der Waals surface area contributed by atoms with Crippen LogP contribution in [0, 0.1) is 13.8 Å². The van der Waals surface area contributed by atoms with Crippen molar-refractivity contribution in [3.05, 3.63) is 57.3 Å². The van der Waals surface area contributed by atoms with Crippen molar-refractivity contribution in [2.24, 2.45) is 0 Å². The van der Waals surface area contributed by atoms with Crippen LogP contribution in [0.2, 0.25) is 5.02 Å². The number of thiophene rings is 1. The first-order chi connectivity index (χ1) is 11.9. The highest BCUT2D eigenvalue weighted by molar-refractivity contribution is 7.21. The molecule has 0 fully saturated rings. The zero-order valence-corrected chi connectivity index (χ0v) is 17.5. The number of amides is 1. The van der Waals surface area contributed by atoms with Gasteiger partial charge in [-0.25, -0.2) is 0 Å². The van der Waals surface area contributed by atoms with E-state index >= 15 is 0 Å². The van der Waals surface area contributed by atoms with Gasteiger partial charge in [-0.15, -0.1) is 23.7 Å². The second kappa shape index (κ2) is 8.44. The molecule has 0 saturated heterocycles. The van der Waals surface area contributed by atoms with E-state index in [0.29, 0.717) is 16.4 Å². The van der Waals surface area contributed by atoms with Crippen LogP contribution >= 0.6 is 35.3 Å². The van der Waals surface area contributed by atoms with Gasteiger partial charge in [0.15, 0.2) is 0 Å². The van der Waals surface area contributed by atoms with E-state index in [1.165, 1.54) is 11.3 Å². The topological polar surface area (TPSA) is 45.5 Å². The van der Waals surface area contributed by atoms with Crippen molar-refractivity contribution in [1.82, 2.24) is 10.2 Å². The fourth-order valence-corrected chi connectivity index (χ4v) is 4.29. The Labute approximate surface area is 168 Å². The van der Waals surface area contributed by atoms with Crippen LogP contribution in [0.5, 0.6) is 0 Å². The lowest BCUT2D eigenvalue weighted by atomic mass is 10.2. The molecule has 0 aliphatic heterocycles. The summed E-state index contributed by atoms with van der Waals surface area (Å²) in [6.07, 6.45) is 0. The third-order valence-corrected chi connectivity index (χ3v) is 5.82. The standard InChI is InChI=1S/C19H21ClN2O2S.ClH/c1-11-5-7-13-16(9-11)25-18(17(13)20)19(23)21-10-14(22(3)4)15-8-6-12(2)24-15;/h5-9,14H,10H2,1-4H3,(H,21,23);1H. The first-order valence-electron chi connectivity index (χ1n) is 8.06. The normalized spacial score (nSPS) is 12.2. The summed E-state index contributed by atoms with van der Waals surface area (Å²) >= 11 is 7.85. The Hall–Kier alpha value is -1.53. The van der Waals surface area contributed by atoms with Crippen LogP contribution in [0.1, 0.15) is 32.8 Å². The van der Waals surface area contributed by atoms with Crippen molar-refractivity contribution in [1.29, 1.82) is 0 Å². The number of nitrogens with one attached hydrogen (secondary N) is 1. The molecule has 2 aromatic heterocycles. The molecule has 0 bridgehead atoms. The van der Waals surface area contributed by atoms with Gasteiger partial charge in [0.25, 0.3) is 5.91 Å². The number of carbonyl (C=O) groups is 1. The second-order valence-electron chi connectivity index (χ2n) is 6.38. The van der Waals surface area contributed by atoms with E-state index in [1.807, 2.05) is 57.1 Å². The molecule has 1 unspecified atom stereocenters. The Morgan fingerprint density at radius 2 is 2.00 bits per heavy atom. The number of halogens is 2. The second-order valence-corrected chi connectivity index (χ2v) is 7.81. The summed E-state index contributed by atoms with van der Waals surface area (Å²) in [5, 5.41) is 4.44. The molecular weight excluding hydrogens is 391 g/mol. The van der Waals surface area contributed by atoms with Gasteiger partial charge in [-0.05, 0) is 51.7 Å². The van der Waals surface area contributed by atoms with E-state index in [-0.39, 0.29) is 24.4 Å². The molecule has 1 N–H and O–H groups in total. The molecule has 1 amide bonds. The molecule has 0 spiro atoms. The molecule has 1 atom stereocenters. The van der Waals surface area contributed by atoms with Gasteiger partial charge >= 0.3 is 0 Å². The lowest BCUT2D eigenvalue weighted by Crippen LogP contribution is -2.34. The fourth-order valence-electron chi connectivity index (χ4n) is 2.76. The van der Waals surface area contributed by atoms with Gasteiger partial charge in [-0.3, -0.25) is 9.69 Å². The number of benzene rings is 1. The minimum Gasteiger partial charge on any atom is -0.465 e. The van der Waals surface area contributed by atoms with Crippen LogP contribution in [0.3, 0.4) is 0 Å². The molecule has 4 nitrogen and oxygen atoms in total. The number of nitrogens with zero attached hydrogens (tertiary/aromatic N) is 1. The monoisotopic (exact) mass is 412 g/mol. The number of hydrogen-bond donors (Lipinski definition) is 1. The van der Waals surface area contributed by atoms with Crippen LogP contribution in [0.15, 0.2) is 34.7 Å². The molecular formula is C19H22Cl2N2O2S. The Kier molecular flexibility index (Phi) is 6.74. The van der Waals surface area contributed by atoms with Crippen LogP contribution < -0.4 is 5.32 Å². The Morgan fingerprint density at radius 1 is 1.27 bits per heavy atom. The zero-order valence-electron chi connectivity index (χ0n) is 15.1. The zero-order chi connectivity index (χ0) is 18.1. The van der Waals surface area contributed by atoms with Gasteiger partial charge < -0.3 is 9.73 Å². The van der Waals surface area contributed by atoms with Crippen molar-refractivity contribution in [3.8, 4) is 0 Å². The maximum atomic E-state index is 12.6. The molecule has 3 aromatic rings. The van der Waals surface area contributed by atoms with Crippen LogP contribution in [0.25, 0.3) is 10.1 Å². The summed E-state index contributed by atoms with van der Waals surface area (Å²) in [6.45, 7) is 4.38. The van der Waals surface area contributed by atoms with E-state index in [1.54, 1.807) is 0 Å². The molecule has 140 valence electrons. The summed E-state index contributed by atoms with van der Waals surface area (Å²) in [7, 11) is 3.92. The third-order valence-electron chi connectivity index (χ3n) is 4.16. The Morgan fingerprint density at radius 3 is 2.62 bits per heavy atom. The van der Waals surface area contributed by atoms with E-state index in [4.69, 9.17) is 16.0 Å². The third kappa shape index (κ3) is 4.23. The van der Waals surface area contributed by atoms with Crippen LogP contribution in [-0.4, -0.2) is 31.4 Å². The van der Waals surface area contributed by atoms with Gasteiger partial charge in [0.05, 0.1) is 11.1 Å². The Balaban J connectivity index is 0.00000243. The maximum Gasteiger partial charge on any atom is 0.263 e. The molecule has 0 aliphatic carbocycles. The average Bonchev–Trinajstić information content (AvgIpc) is 3.11. The number of furan rings is 1. The van der Waals surface area contributed by atoms with E-state index in [0.717, 1.165) is 27.2 Å². The average molecular weight is 413 g/mol. The van der Waals surface area contributed by atoms with Crippen molar-refractivity contribution >= 4 is 51.3 Å². The molecule has 7 heteroatoms. The SMILES string of the molecule is Cc1ccc2c(Cl)c(C(=O)NCC(c3ccc(C)o3)N(C)C)sc2c1.Cl. The Bertz CT molecular complexity index is 918. The predicted molar refractivity (Wildman–Crippen MR) is 111 cm³/mol. The number of aryl methyl sites for hydroxylation is 2. The first kappa shape index (κ1) is 20.8. The smallest absolute Gasteiger partial charge is 0.263 e. The number of rotatable bonds is 5. The summed E-state index contributed by atoms with van der Waals surface area (Å²) in [5.74, 6) is 1.54. The van der Waals surface area contributed by atoms with Gasteiger partial charge in [0.1, 0.15) is 16.4 Å². The van der Waals surface area contributed by atoms with Gasteiger partial charge in [0.2, 0.25) is 0 Å². The van der Waals surface area contributed by atoms with Gasteiger partial charge in [-0.2, -0.15) is 0 Å². The number of fused-ring (bicyclic) bond motifs is 1. The lowest BCUT2D eigenvalue weighted by molar-refractivity contribution is 0.0943. The molecule has 0 saturated carbocycles. The summed E-state index contributed by atoms with van der Waals surface area (Å²) < 4.78 is 6.74. The minimum absolute atomic E-state index is 0. The quantitative estimate of drug-likeness (QED) is 0.624. The number of carbonyl (C=O) groups excluding carboxylic acids is 1. The minimum atomic E-state index is -0.154. The molecule has 1 aromatic carbocycles. The molecule has 3 rings (SSSR count). The number of likely N-dealkylation sites (N-methyl/N-ethyl adjacent to an activating group) is 1. The molecule has 0 radical (unpaired) electrons. The first-order valence-corrected chi connectivity index (χ1v) is 9.26. The van der Waals surface area contributed by atoms with E-state index in [2.05, 4.69) is 11.4 Å². The maximum absolute atomic E-state index is 12.6. The fraction of sp³-hybridized carbons (Fsp3) is 0.316.